The average Bonchev–Trinajstić information content (AvgIpc) is 2.19. The molecule has 14 heavy (non-hydrogen) atoms. The van der Waals surface area contributed by atoms with Gasteiger partial charge in [-0.1, -0.05) is 18.2 Å². The van der Waals surface area contributed by atoms with E-state index in [2.05, 4.69) is 0 Å². The molecule has 3 heteroatoms. The summed E-state index contributed by atoms with van der Waals surface area (Å²) in [6, 6.07) is 5.60. The Kier molecular flexibility index (Phi) is 4.29. The van der Waals surface area contributed by atoms with E-state index >= 15 is 0 Å². The Morgan fingerprint density at radius 1 is 1.21 bits per heavy atom. The molecular weight excluding hydrogens is 180 g/mol. The van der Waals surface area contributed by atoms with Gasteiger partial charge in [0.15, 0.2) is 0 Å². The number of hydrogen-bond acceptors (Lipinski definition) is 3. The van der Waals surface area contributed by atoms with Gasteiger partial charge in [0.1, 0.15) is 6.29 Å². The topological polar surface area (TPSA) is 35.5 Å². The van der Waals surface area contributed by atoms with E-state index in [1.54, 1.807) is 20.3 Å². The lowest BCUT2D eigenvalue weighted by Gasteiger charge is -2.06. The van der Waals surface area contributed by atoms with Crippen LogP contribution in [0.3, 0.4) is 0 Å². The molecule has 0 fully saturated rings. The molecule has 3 nitrogen and oxygen atoms in total. The van der Waals surface area contributed by atoms with Gasteiger partial charge in [-0.25, -0.2) is 0 Å². The van der Waals surface area contributed by atoms with Gasteiger partial charge in [-0.05, 0) is 11.1 Å². The molecule has 0 saturated carbocycles. The van der Waals surface area contributed by atoms with Crippen LogP contribution in [-0.2, 0) is 22.7 Å². The van der Waals surface area contributed by atoms with Crippen LogP contribution in [0.2, 0.25) is 0 Å². The molecule has 0 radical (unpaired) electrons. The molecule has 0 amide bonds. The first-order valence-corrected chi connectivity index (χ1v) is 4.36. The SMILES string of the molecule is COCc1ccc(C=O)c(COC)c1. The van der Waals surface area contributed by atoms with Crippen LogP contribution in [0.25, 0.3) is 0 Å². The lowest BCUT2D eigenvalue weighted by atomic mass is 10.1. The van der Waals surface area contributed by atoms with Gasteiger partial charge in [0.2, 0.25) is 0 Å². The second-order valence-corrected chi connectivity index (χ2v) is 3.02. The maximum absolute atomic E-state index is 10.7. The fraction of sp³-hybridized carbons (Fsp3) is 0.364. The van der Waals surface area contributed by atoms with E-state index in [4.69, 9.17) is 9.47 Å². The van der Waals surface area contributed by atoms with E-state index in [0.717, 1.165) is 17.4 Å². The molecule has 0 aliphatic heterocycles. The fourth-order valence-electron chi connectivity index (χ4n) is 1.31. The molecule has 0 aromatic heterocycles. The zero-order valence-electron chi connectivity index (χ0n) is 8.45. The molecule has 0 aliphatic rings. The van der Waals surface area contributed by atoms with E-state index in [1.165, 1.54) is 0 Å². The Hall–Kier alpha value is -1.19. The molecule has 0 atom stereocenters. The summed E-state index contributed by atoms with van der Waals surface area (Å²) < 4.78 is 10.0. The maximum Gasteiger partial charge on any atom is 0.150 e. The van der Waals surface area contributed by atoms with Crippen molar-refractivity contribution < 1.29 is 14.3 Å². The fourth-order valence-corrected chi connectivity index (χ4v) is 1.31. The highest BCUT2D eigenvalue weighted by Crippen LogP contribution is 2.12. The zero-order valence-corrected chi connectivity index (χ0v) is 8.45. The summed E-state index contributed by atoms with van der Waals surface area (Å²) in [5.41, 5.74) is 2.62. The summed E-state index contributed by atoms with van der Waals surface area (Å²) >= 11 is 0. The van der Waals surface area contributed by atoms with Gasteiger partial charge < -0.3 is 9.47 Å². The van der Waals surface area contributed by atoms with Crippen LogP contribution < -0.4 is 0 Å². The first kappa shape index (κ1) is 10.9. The number of rotatable bonds is 5. The Morgan fingerprint density at radius 2 is 1.93 bits per heavy atom. The molecule has 0 bridgehead atoms. The van der Waals surface area contributed by atoms with Crippen molar-refractivity contribution >= 4 is 6.29 Å². The second kappa shape index (κ2) is 5.52. The summed E-state index contributed by atoms with van der Waals surface area (Å²) in [4.78, 5) is 10.7. The highest BCUT2D eigenvalue weighted by molar-refractivity contribution is 5.77. The summed E-state index contributed by atoms with van der Waals surface area (Å²) in [6.07, 6.45) is 0.838. The van der Waals surface area contributed by atoms with Crippen LogP contribution in [0, 0.1) is 0 Å². The molecular formula is C11H14O3. The normalized spacial score (nSPS) is 10.1. The van der Waals surface area contributed by atoms with Gasteiger partial charge in [0, 0.05) is 19.8 Å². The van der Waals surface area contributed by atoms with Gasteiger partial charge in [-0.3, -0.25) is 4.79 Å². The van der Waals surface area contributed by atoms with Crippen molar-refractivity contribution in [1.82, 2.24) is 0 Å². The molecule has 76 valence electrons. The number of benzene rings is 1. The Bertz CT molecular complexity index is 307. The minimum absolute atomic E-state index is 0.450. The molecule has 0 N–H and O–H groups in total. The number of carbonyl (C=O) groups is 1. The Morgan fingerprint density at radius 3 is 2.50 bits per heavy atom. The predicted octanol–water partition coefficient (Wildman–Crippen LogP) is 1.79. The number of aldehydes is 1. The van der Waals surface area contributed by atoms with E-state index in [-0.39, 0.29) is 0 Å². The number of ether oxygens (including phenoxy) is 2. The highest BCUT2D eigenvalue weighted by atomic mass is 16.5. The van der Waals surface area contributed by atoms with Crippen molar-refractivity contribution in [3.05, 3.63) is 34.9 Å². The maximum atomic E-state index is 10.7. The van der Waals surface area contributed by atoms with Crippen molar-refractivity contribution in [3.8, 4) is 0 Å². The highest BCUT2D eigenvalue weighted by Gasteiger charge is 2.02. The lowest BCUT2D eigenvalue weighted by molar-refractivity contribution is 0.111. The first-order chi connectivity index (χ1) is 6.81. The second-order valence-electron chi connectivity index (χ2n) is 3.02. The molecule has 0 unspecified atom stereocenters. The van der Waals surface area contributed by atoms with Crippen molar-refractivity contribution in [2.75, 3.05) is 14.2 Å². The summed E-state index contributed by atoms with van der Waals surface area (Å²) in [6.45, 7) is 1.00. The van der Waals surface area contributed by atoms with E-state index < -0.39 is 0 Å². The monoisotopic (exact) mass is 194 g/mol. The van der Waals surface area contributed by atoms with Gasteiger partial charge in [0.05, 0.1) is 13.2 Å². The number of hydrogen-bond donors (Lipinski definition) is 0. The van der Waals surface area contributed by atoms with Gasteiger partial charge >= 0.3 is 0 Å². The Balaban J connectivity index is 2.94. The quantitative estimate of drug-likeness (QED) is 0.670. The van der Waals surface area contributed by atoms with Crippen LogP contribution in [-0.4, -0.2) is 20.5 Å². The molecule has 0 aliphatic carbocycles. The van der Waals surface area contributed by atoms with Gasteiger partial charge in [-0.15, -0.1) is 0 Å². The largest absolute Gasteiger partial charge is 0.380 e. The van der Waals surface area contributed by atoms with Crippen molar-refractivity contribution in [1.29, 1.82) is 0 Å². The summed E-state index contributed by atoms with van der Waals surface area (Å²) in [5.74, 6) is 0. The van der Waals surface area contributed by atoms with Crippen LogP contribution in [0.1, 0.15) is 21.5 Å². The van der Waals surface area contributed by atoms with E-state index in [1.807, 2.05) is 12.1 Å². The third kappa shape index (κ3) is 2.65. The summed E-state index contributed by atoms with van der Waals surface area (Å²) in [5, 5.41) is 0. The molecule has 0 spiro atoms. The zero-order chi connectivity index (χ0) is 10.4. The van der Waals surface area contributed by atoms with Gasteiger partial charge in [0.25, 0.3) is 0 Å². The molecule has 1 aromatic rings. The van der Waals surface area contributed by atoms with Crippen molar-refractivity contribution in [2.45, 2.75) is 13.2 Å². The standard InChI is InChI=1S/C11H14O3/c1-13-7-9-3-4-10(6-12)11(5-9)8-14-2/h3-6H,7-8H2,1-2H3. The molecule has 1 rings (SSSR count). The van der Waals surface area contributed by atoms with Crippen molar-refractivity contribution in [2.24, 2.45) is 0 Å². The third-order valence-corrected chi connectivity index (χ3v) is 1.95. The third-order valence-electron chi connectivity index (χ3n) is 1.95. The first-order valence-electron chi connectivity index (χ1n) is 4.36. The van der Waals surface area contributed by atoms with Crippen LogP contribution in [0.4, 0.5) is 0 Å². The minimum atomic E-state index is 0.450. The van der Waals surface area contributed by atoms with E-state index in [9.17, 15) is 4.79 Å². The lowest BCUT2D eigenvalue weighted by Crippen LogP contribution is -1.97. The van der Waals surface area contributed by atoms with E-state index in [0.29, 0.717) is 18.8 Å². The van der Waals surface area contributed by atoms with Crippen molar-refractivity contribution in [3.63, 3.8) is 0 Å². The smallest absolute Gasteiger partial charge is 0.150 e. The molecule has 1 aromatic carbocycles. The molecule has 0 heterocycles. The summed E-state index contributed by atoms with van der Waals surface area (Å²) in [7, 11) is 3.25. The minimum Gasteiger partial charge on any atom is -0.380 e. The predicted molar refractivity (Wildman–Crippen MR) is 53.3 cm³/mol. The molecule has 0 saturated heterocycles. The van der Waals surface area contributed by atoms with Crippen LogP contribution in [0.5, 0.6) is 0 Å². The van der Waals surface area contributed by atoms with Crippen LogP contribution >= 0.6 is 0 Å². The number of methoxy groups -OCH3 is 2. The van der Waals surface area contributed by atoms with Crippen LogP contribution in [0.15, 0.2) is 18.2 Å². The average molecular weight is 194 g/mol. The number of carbonyl (C=O) groups excluding carboxylic acids is 1. The van der Waals surface area contributed by atoms with Gasteiger partial charge in [-0.2, -0.15) is 0 Å². The Labute approximate surface area is 83.6 Å².